The molecular formula is C22H26ClFN2O2S. The zero-order valence-electron chi connectivity index (χ0n) is 16.7. The smallest absolute Gasteiger partial charge is 0.242 e. The molecule has 0 heterocycles. The first-order chi connectivity index (χ1) is 13.9. The number of nitrogens with one attached hydrogen (secondary N) is 1. The van der Waals surface area contributed by atoms with Crippen LogP contribution in [-0.4, -0.2) is 35.1 Å². The van der Waals surface area contributed by atoms with Crippen LogP contribution in [0.4, 0.5) is 4.39 Å². The Labute approximate surface area is 180 Å². The van der Waals surface area contributed by atoms with Crippen LogP contribution in [0.15, 0.2) is 48.5 Å². The third kappa shape index (κ3) is 7.37. The second kappa shape index (κ2) is 11.8. The number of rotatable bonds is 10. The molecule has 1 atom stereocenters. The molecule has 0 aliphatic heterocycles. The van der Waals surface area contributed by atoms with Crippen LogP contribution in [0.25, 0.3) is 0 Å². The molecule has 0 saturated carbocycles. The molecule has 29 heavy (non-hydrogen) atoms. The van der Waals surface area contributed by atoms with Crippen molar-refractivity contribution in [1.82, 2.24) is 10.2 Å². The van der Waals surface area contributed by atoms with Gasteiger partial charge in [-0.1, -0.05) is 42.8 Å². The fourth-order valence-electron chi connectivity index (χ4n) is 2.92. The first kappa shape index (κ1) is 23.2. The Morgan fingerprint density at radius 2 is 1.69 bits per heavy atom. The molecule has 0 bridgehead atoms. The monoisotopic (exact) mass is 436 g/mol. The lowest BCUT2D eigenvalue weighted by atomic mass is 10.1. The summed E-state index contributed by atoms with van der Waals surface area (Å²) in [6.45, 7) is 4.60. The normalized spacial score (nSPS) is 11.7. The molecule has 2 rings (SSSR count). The first-order valence-electron chi connectivity index (χ1n) is 9.58. The Morgan fingerprint density at radius 3 is 2.28 bits per heavy atom. The maximum absolute atomic E-state index is 13.0. The SMILES string of the molecule is CCNC(=O)[C@H](CC)N(Cc1ccc(Cl)cc1)C(=O)CSCc1ccc(F)cc1. The fraction of sp³-hybridized carbons (Fsp3) is 0.364. The molecule has 0 radical (unpaired) electrons. The number of nitrogens with zero attached hydrogens (tertiary/aromatic N) is 1. The average Bonchev–Trinajstić information content (AvgIpc) is 2.71. The van der Waals surface area contributed by atoms with Crippen molar-refractivity contribution < 1.29 is 14.0 Å². The standard InChI is InChI=1S/C22H26ClFN2O2S/c1-3-20(22(28)25-4-2)26(13-16-5-9-18(23)10-6-16)21(27)15-29-14-17-7-11-19(24)12-8-17/h5-12,20H,3-4,13-15H2,1-2H3,(H,25,28)/t20-/m0/s1. The maximum atomic E-state index is 13.0. The maximum Gasteiger partial charge on any atom is 0.242 e. The van der Waals surface area contributed by atoms with Crippen molar-refractivity contribution in [3.63, 3.8) is 0 Å². The number of hydrogen-bond donors (Lipinski definition) is 1. The molecule has 0 aliphatic rings. The molecule has 4 nitrogen and oxygen atoms in total. The van der Waals surface area contributed by atoms with Crippen LogP contribution < -0.4 is 5.32 Å². The summed E-state index contributed by atoms with van der Waals surface area (Å²) in [4.78, 5) is 27.2. The molecule has 2 aromatic carbocycles. The number of thioether (sulfide) groups is 1. The van der Waals surface area contributed by atoms with Gasteiger partial charge in [0.15, 0.2) is 0 Å². The molecule has 0 aliphatic carbocycles. The van der Waals surface area contributed by atoms with Gasteiger partial charge in [-0.05, 0) is 48.7 Å². The lowest BCUT2D eigenvalue weighted by Crippen LogP contribution is -2.49. The number of amides is 2. The van der Waals surface area contributed by atoms with Gasteiger partial charge in [0.25, 0.3) is 0 Å². The summed E-state index contributed by atoms with van der Waals surface area (Å²) in [6, 6.07) is 13.0. The van der Waals surface area contributed by atoms with Crippen molar-refractivity contribution in [3.8, 4) is 0 Å². The third-order valence-corrected chi connectivity index (χ3v) is 5.65. The van der Waals surface area contributed by atoms with Gasteiger partial charge in [0.05, 0.1) is 5.75 Å². The zero-order chi connectivity index (χ0) is 21.2. The average molecular weight is 437 g/mol. The van der Waals surface area contributed by atoms with E-state index in [-0.39, 0.29) is 23.4 Å². The Balaban J connectivity index is 2.08. The van der Waals surface area contributed by atoms with Crippen LogP contribution in [0.1, 0.15) is 31.4 Å². The summed E-state index contributed by atoms with van der Waals surface area (Å²) < 4.78 is 13.0. The molecule has 0 fully saturated rings. The van der Waals surface area contributed by atoms with Crippen molar-refractivity contribution in [2.24, 2.45) is 0 Å². The van der Waals surface area contributed by atoms with Crippen LogP contribution in [-0.2, 0) is 21.9 Å². The van der Waals surface area contributed by atoms with Crippen LogP contribution in [0.2, 0.25) is 5.02 Å². The third-order valence-electron chi connectivity index (χ3n) is 4.41. The summed E-state index contributed by atoms with van der Waals surface area (Å²) in [6.07, 6.45) is 0.522. The Kier molecular flexibility index (Phi) is 9.48. The van der Waals surface area contributed by atoms with Crippen LogP contribution in [0.5, 0.6) is 0 Å². The largest absolute Gasteiger partial charge is 0.355 e. The molecule has 0 aromatic heterocycles. The Morgan fingerprint density at radius 1 is 1.07 bits per heavy atom. The van der Waals surface area contributed by atoms with Crippen LogP contribution in [0.3, 0.4) is 0 Å². The topological polar surface area (TPSA) is 49.4 Å². The minimum Gasteiger partial charge on any atom is -0.355 e. The predicted molar refractivity (Wildman–Crippen MR) is 117 cm³/mol. The van der Waals surface area contributed by atoms with E-state index < -0.39 is 6.04 Å². The highest BCUT2D eigenvalue weighted by Crippen LogP contribution is 2.18. The lowest BCUT2D eigenvalue weighted by molar-refractivity contribution is -0.139. The zero-order valence-corrected chi connectivity index (χ0v) is 18.2. The fourth-order valence-corrected chi connectivity index (χ4v) is 3.91. The quantitative estimate of drug-likeness (QED) is 0.589. The molecule has 2 amide bonds. The van der Waals surface area contributed by atoms with E-state index in [4.69, 9.17) is 11.6 Å². The van der Waals surface area contributed by atoms with E-state index in [1.807, 2.05) is 26.0 Å². The molecule has 0 unspecified atom stereocenters. The van der Waals surface area contributed by atoms with Gasteiger partial charge >= 0.3 is 0 Å². The van der Waals surface area contributed by atoms with E-state index >= 15 is 0 Å². The first-order valence-corrected chi connectivity index (χ1v) is 11.1. The number of likely N-dealkylation sites (N-methyl/N-ethyl adjacent to an activating group) is 1. The van der Waals surface area contributed by atoms with E-state index in [1.165, 1.54) is 23.9 Å². The minimum atomic E-state index is -0.537. The van der Waals surface area contributed by atoms with E-state index in [0.717, 1.165) is 11.1 Å². The summed E-state index contributed by atoms with van der Waals surface area (Å²) in [5.41, 5.74) is 1.86. The van der Waals surface area contributed by atoms with E-state index in [2.05, 4.69) is 5.32 Å². The van der Waals surface area contributed by atoms with Gasteiger partial charge in [0.2, 0.25) is 11.8 Å². The lowest BCUT2D eigenvalue weighted by Gasteiger charge is -2.30. The molecular weight excluding hydrogens is 411 g/mol. The predicted octanol–water partition coefficient (Wildman–Crippen LogP) is 4.66. The van der Waals surface area contributed by atoms with E-state index in [0.29, 0.717) is 30.3 Å². The molecule has 0 saturated heterocycles. The molecule has 156 valence electrons. The van der Waals surface area contributed by atoms with Gasteiger partial charge in [-0.3, -0.25) is 9.59 Å². The van der Waals surface area contributed by atoms with Crippen molar-refractivity contribution in [2.45, 2.75) is 38.6 Å². The minimum absolute atomic E-state index is 0.106. The molecule has 0 spiro atoms. The van der Waals surface area contributed by atoms with E-state index in [1.54, 1.807) is 29.2 Å². The number of benzene rings is 2. The summed E-state index contributed by atoms with van der Waals surface area (Å²) in [7, 11) is 0. The Bertz CT molecular complexity index is 799. The number of carbonyl (C=O) groups is 2. The van der Waals surface area contributed by atoms with Crippen LogP contribution in [0, 0.1) is 5.82 Å². The molecule has 2 aromatic rings. The van der Waals surface area contributed by atoms with Crippen molar-refractivity contribution >= 4 is 35.2 Å². The van der Waals surface area contributed by atoms with Gasteiger partial charge in [-0.15, -0.1) is 11.8 Å². The second-order valence-electron chi connectivity index (χ2n) is 6.59. The van der Waals surface area contributed by atoms with Gasteiger partial charge in [-0.25, -0.2) is 4.39 Å². The van der Waals surface area contributed by atoms with Crippen molar-refractivity contribution in [1.29, 1.82) is 0 Å². The molecule has 1 N–H and O–H groups in total. The van der Waals surface area contributed by atoms with Crippen molar-refractivity contribution in [3.05, 3.63) is 70.5 Å². The van der Waals surface area contributed by atoms with E-state index in [9.17, 15) is 14.0 Å². The number of halogens is 2. The summed E-state index contributed by atoms with van der Waals surface area (Å²) in [5.74, 6) is 0.294. The molecule has 7 heteroatoms. The van der Waals surface area contributed by atoms with Gasteiger partial charge in [-0.2, -0.15) is 0 Å². The highest BCUT2D eigenvalue weighted by molar-refractivity contribution is 7.99. The van der Waals surface area contributed by atoms with Crippen molar-refractivity contribution in [2.75, 3.05) is 12.3 Å². The Hall–Kier alpha value is -2.05. The number of hydrogen-bond acceptors (Lipinski definition) is 3. The number of carbonyl (C=O) groups excluding carboxylic acids is 2. The summed E-state index contributed by atoms with van der Waals surface area (Å²) in [5, 5.41) is 3.44. The van der Waals surface area contributed by atoms with Gasteiger partial charge in [0.1, 0.15) is 11.9 Å². The van der Waals surface area contributed by atoms with Gasteiger partial charge in [0, 0.05) is 23.9 Å². The summed E-state index contributed by atoms with van der Waals surface area (Å²) >= 11 is 7.41. The van der Waals surface area contributed by atoms with Gasteiger partial charge < -0.3 is 10.2 Å². The second-order valence-corrected chi connectivity index (χ2v) is 8.01. The highest BCUT2D eigenvalue weighted by atomic mass is 35.5. The highest BCUT2D eigenvalue weighted by Gasteiger charge is 2.28. The van der Waals surface area contributed by atoms with Crippen LogP contribution >= 0.6 is 23.4 Å².